The summed E-state index contributed by atoms with van der Waals surface area (Å²) in [5, 5.41) is 0. The number of rotatable bonds is 2. The van der Waals surface area contributed by atoms with Gasteiger partial charge in [-0.05, 0) is 36.8 Å². The molecular weight excluding hydrogens is 340 g/mol. The number of amides is 2. The van der Waals surface area contributed by atoms with Gasteiger partial charge in [0.25, 0.3) is 11.8 Å². The Morgan fingerprint density at radius 2 is 1.64 bits per heavy atom. The van der Waals surface area contributed by atoms with Crippen LogP contribution in [0, 0.1) is 5.41 Å². The number of pyridine rings is 1. The minimum absolute atomic E-state index is 0. The van der Waals surface area contributed by atoms with Gasteiger partial charge in [-0.2, -0.15) is 0 Å². The minimum atomic E-state index is -0.119. The summed E-state index contributed by atoms with van der Waals surface area (Å²) in [6.07, 6.45) is 2.85. The molecule has 0 spiro atoms. The molecule has 0 aromatic carbocycles. The lowest BCUT2D eigenvalue weighted by Gasteiger charge is -2.42. The number of carbonyl (C=O) groups excluding carboxylic acids is 2. The van der Waals surface area contributed by atoms with E-state index in [9.17, 15) is 9.59 Å². The number of halogens is 1. The topological polar surface area (TPSA) is 79.5 Å². The van der Waals surface area contributed by atoms with Crippen molar-refractivity contribution in [1.29, 1.82) is 0 Å². The van der Waals surface area contributed by atoms with Gasteiger partial charge in [0.05, 0.1) is 0 Å². The van der Waals surface area contributed by atoms with E-state index in [1.165, 1.54) is 0 Å². The van der Waals surface area contributed by atoms with Gasteiger partial charge in [0.1, 0.15) is 11.4 Å². The zero-order chi connectivity index (χ0) is 17.3. The molecule has 0 aliphatic carbocycles. The fourth-order valence-electron chi connectivity index (χ4n) is 3.46. The van der Waals surface area contributed by atoms with Crippen LogP contribution in [0.3, 0.4) is 0 Å². The van der Waals surface area contributed by atoms with Gasteiger partial charge in [-0.3, -0.25) is 9.59 Å². The van der Waals surface area contributed by atoms with Gasteiger partial charge in [-0.25, -0.2) is 4.98 Å². The Morgan fingerprint density at radius 3 is 2.20 bits per heavy atom. The molecule has 2 fully saturated rings. The maximum absolute atomic E-state index is 12.8. The first kappa shape index (κ1) is 19.7. The molecular formula is C18H27ClN4O2. The number of nitrogens with zero attached hydrogens (tertiary/aromatic N) is 3. The molecule has 0 saturated carbocycles. The summed E-state index contributed by atoms with van der Waals surface area (Å²) in [4.78, 5) is 33.2. The molecule has 3 rings (SSSR count). The lowest BCUT2D eigenvalue weighted by Crippen LogP contribution is -2.54. The van der Waals surface area contributed by atoms with E-state index in [0.717, 1.165) is 32.4 Å². The Kier molecular flexibility index (Phi) is 6.06. The van der Waals surface area contributed by atoms with Crippen molar-refractivity contribution in [1.82, 2.24) is 14.8 Å². The minimum Gasteiger partial charge on any atom is -0.337 e. The molecule has 2 saturated heterocycles. The summed E-state index contributed by atoms with van der Waals surface area (Å²) in [7, 11) is 0. The van der Waals surface area contributed by atoms with Crippen molar-refractivity contribution in [2.24, 2.45) is 11.1 Å². The van der Waals surface area contributed by atoms with Crippen LogP contribution in [-0.2, 0) is 0 Å². The fraction of sp³-hybridized carbons (Fsp3) is 0.611. The first-order valence-electron chi connectivity index (χ1n) is 8.70. The third-order valence-electron chi connectivity index (χ3n) is 5.18. The quantitative estimate of drug-likeness (QED) is 0.867. The maximum Gasteiger partial charge on any atom is 0.272 e. The molecule has 1 unspecified atom stereocenters. The van der Waals surface area contributed by atoms with Gasteiger partial charge in [-0.1, -0.05) is 19.9 Å². The molecule has 3 heterocycles. The Bertz CT molecular complexity index is 644. The van der Waals surface area contributed by atoms with E-state index in [4.69, 9.17) is 5.73 Å². The Labute approximate surface area is 155 Å². The zero-order valence-electron chi connectivity index (χ0n) is 14.9. The van der Waals surface area contributed by atoms with Crippen LogP contribution in [0.5, 0.6) is 0 Å². The molecule has 138 valence electrons. The van der Waals surface area contributed by atoms with Crippen molar-refractivity contribution in [3.05, 3.63) is 29.6 Å². The molecule has 0 radical (unpaired) electrons. The number of hydrogen-bond acceptors (Lipinski definition) is 4. The van der Waals surface area contributed by atoms with Gasteiger partial charge < -0.3 is 15.5 Å². The number of aromatic nitrogens is 1. The van der Waals surface area contributed by atoms with E-state index >= 15 is 0 Å². The molecule has 1 aromatic heterocycles. The van der Waals surface area contributed by atoms with Crippen molar-refractivity contribution in [3.8, 4) is 0 Å². The highest BCUT2D eigenvalue weighted by Gasteiger charge is 2.36. The molecule has 0 bridgehead atoms. The van der Waals surface area contributed by atoms with Crippen LogP contribution in [0.4, 0.5) is 0 Å². The molecule has 2 N–H and O–H groups in total. The summed E-state index contributed by atoms with van der Waals surface area (Å²) in [6, 6.07) is 5.21. The van der Waals surface area contributed by atoms with E-state index in [1.807, 2.05) is 0 Å². The summed E-state index contributed by atoms with van der Waals surface area (Å²) < 4.78 is 0. The summed E-state index contributed by atoms with van der Waals surface area (Å²) in [5.74, 6) is -0.200. The van der Waals surface area contributed by atoms with Crippen LogP contribution in [0.1, 0.15) is 54.1 Å². The van der Waals surface area contributed by atoms with Gasteiger partial charge in [0.15, 0.2) is 0 Å². The van der Waals surface area contributed by atoms with Gasteiger partial charge >= 0.3 is 0 Å². The van der Waals surface area contributed by atoms with E-state index in [2.05, 4.69) is 18.8 Å². The summed E-state index contributed by atoms with van der Waals surface area (Å²) in [5.41, 5.74) is 6.73. The van der Waals surface area contributed by atoms with Crippen LogP contribution in [-0.4, -0.2) is 58.8 Å². The highest BCUT2D eigenvalue weighted by atomic mass is 35.5. The van der Waals surface area contributed by atoms with Gasteiger partial charge in [-0.15, -0.1) is 12.4 Å². The smallest absolute Gasteiger partial charge is 0.272 e. The predicted molar refractivity (Wildman–Crippen MR) is 98.9 cm³/mol. The molecule has 1 atom stereocenters. The highest BCUT2D eigenvalue weighted by Crippen LogP contribution is 2.28. The Balaban J connectivity index is 0.00000225. The fourth-order valence-corrected chi connectivity index (χ4v) is 3.46. The SMILES string of the molecule is CC1(C)CN(C(=O)c2cccc(C(=O)N3CCCC3)n2)CCC1N.Cl. The molecule has 2 amide bonds. The van der Waals surface area contributed by atoms with Crippen molar-refractivity contribution < 1.29 is 9.59 Å². The normalized spacial score (nSPS) is 22.4. The van der Waals surface area contributed by atoms with Gasteiger partial charge in [0.2, 0.25) is 0 Å². The number of piperidine rings is 1. The third kappa shape index (κ3) is 4.12. The number of likely N-dealkylation sites (tertiary alicyclic amines) is 2. The largest absolute Gasteiger partial charge is 0.337 e. The van der Waals surface area contributed by atoms with Gasteiger partial charge in [0, 0.05) is 32.2 Å². The van der Waals surface area contributed by atoms with Crippen LogP contribution in [0.2, 0.25) is 0 Å². The first-order valence-corrected chi connectivity index (χ1v) is 8.70. The van der Waals surface area contributed by atoms with E-state index in [0.29, 0.717) is 24.5 Å². The lowest BCUT2D eigenvalue weighted by molar-refractivity contribution is 0.0527. The molecule has 6 nitrogen and oxygen atoms in total. The monoisotopic (exact) mass is 366 g/mol. The molecule has 2 aliphatic heterocycles. The first-order chi connectivity index (χ1) is 11.4. The van der Waals surface area contributed by atoms with Crippen molar-refractivity contribution in [3.63, 3.8) is 0 Å². The summed E-state index contributed by atoms with van der Waals surface area (Å²) in [6.45, 7) is 6.96. The average molecular weight is 367 g/mol. The van der Waals surface area contributed by atoms with E-state index in [-0.39, 0.29) is 35.7 Å². The Hall–Kier alpha value is -1.66. The third-order valence-corrected chi connectivity index (χ3v) is 5.18. The highest BCUT2D eigenvalue weighted by molar-refractivity contribution is 5.96. The van der Waals surface area contributed by atoms with Crippen LogP contribution in [0.15, 0.2) is 18.2 Å². The van der Waals surface area contributed by atoms with Crippen molar-refractivity contribution in [2.45, 2.75) is 39.2 Å². The molecule has 25 heavy (non-hydrogen) atoms. The second-order valence-corrected chi connectivity index (χ2v) is 7.52. The second kappa shape index (κ2) is 7.70. The number of hydrogen-bond donors (Lipinski definition) is 1. The van der Waals surface area contributed by atoms with Crippen molar-refractivity contribution >= 4 is 24.2 Å². The van der Waals surface area contributed by atoms with Crippen molar-refractivity contribution in [2.75, 3.05) is 26.2 Å². The standard InChI is InChI=1S/C18H26N4O2.ClH/c1-18(2)12-22(11-8-15(18)19)17(24)14-7-5-6-13(20-14)16(23)21-9-3-4-10-21;/h5-7,15H,3-4,8-12,19H2,1-2H3;1H. The van der Waals surface area contributed by atoms with E-state index in [1.54, 1.807) is 28.0 Å². The van der Waals surface area contributed by atoms with Crippen LogP contribution >= 0.6 is 12.4 Å². The Morgan fingerprint density at radius 1 is 1.08 bits per heavy atom. The number of nitrogens with two attached hydrogens (primary N) is 1. The van der Waals surface area contributed by atoms with Crippen LogP contribution < -0.4 is 5.73 Å². The van der Waals surface area contributed by atoms with Crippen LogP contribution in [0.25, 0.3) is 0 Å². The summed E-state index contributed by atoms with van der Waals surface area (Å²) >= 11 is 0. The molecule has 2 aliphatic rings. The maximum atomic E-state index is 12.8. The lowest BCUT2D eigenvalue weighted by atomic mass is 9.79. The molecule has 1 aromatic rings. The zero-order valence-corrected chi connectivity index (χ0v) is 15.7. The predicted octanol–water partition coefficient (Wildman–Crippen LogP) is 1.94. The second-order valence-electron chi connectivity index (χ2n) is 7.52. The van der Waals surface area contributed by atoms with E-state index < -0.39 is 0 Å². The average Bonchev–Trinajstić information content (AvgIpc) is 3.10. The molecule has 7 heteroatoms. The number of carbonyl (C=O) groups is 2.